The summed E-state index contributed by atoms with van der Waals surface area (Å²) in [6, 6.07) is 37.5. The zero-order valence-electron chi connectivity index (χ0n) is 24.1. The Balaban J connectivity index is 1.47. The summed E-state index contributed by atoms with van der Waals surface area (Å²) in [7, 11) is 0. The molecule has 3 atom stereocenters. The van der Waals surface area contributed by atoms with E-state index in [9.17, 15) is 14.4 Å². The van der Waals surface area contributed by atoms with Gasteiger partial charge < -0.3 is 9.64 Å². The second kappa shape index (κ2) is 13.3. The summed E-state index contributed by atoms with van der Waals surface area (Å²) in [6.45, 7) is 4.88. The molecule has 0 spiro atoms. The second-order valence-electron chi connectivity index (χ2n) is 10.7. The lowest BCUT2D eigenvalue weighted by Crippen LogP contribution is -2.43. The summed E-state index contributed by atoms with van der Waals surface area (Å²) in [4.78, 5) is 43.5. The Kier molecular flexibility index (Phi) is 9.12. The first-order valence-corrected chi connectivity index (χ1v) is 14.4. The second-order valence-corrected chi connectivity index (χ2v) is 10.7. The van der Waals surface area contributed by atoms with E-state index in [2.05, 4.69) is 41.3 Å². The summed E-state index contributed by atoms with van der Waals surface area (Å²) >= 11 is 0. The first-order valence-electron chi connectivity index (χ1n) is 14.4. The minimum Gasteiger partial charge on any atom is -0.446 e. The smallest absolute Gasteiger partial charge is 0.417 e. The van der Waals surface area contributed by atoms with Crippen LogP contribution in [0.15, 0.2) is 115 Å². The van der Waals surface area contributed by atoms with Crippen LogP contribution in [0.2, 0.25) is 0 Å². The normalized spacial score (nSPS) is 16.0. The molecule has 6 nitrogen and oxygen atoms in total. The van der Waals surface area contributed by atoms with Crippen LogP contribution in [0.3, 0.4) is 0 Å². The van der Waals surface area contributed by atoms with Crippen LogP contribution in [0.1, 0.15) is 54.5 Å². The van der Waals surface area contributed by atoms with Crippen molar-refractivity contribution < 1.29 is 19.1 Å². The van der Waals surface area contributed by atoms with Gasteiger partial charge in [-0.1, -0.05) is 110 Å². The number of cyclic esters (lactones) is 1. The Morgan fingerprint density at radius 3 is 1.95 bits per heavy atom. The summed E-state index contributed by atoms with van der Waals surface area (Å²) < 4.78 is 5.31. The molecular formula is C36H36N2O4. The van der Waals surface area contributed by atoms with Crippen molar-refractivity contribution in [3.05, 3.63) is 138 Å². The van der Waals surface area contributed by atoms with Gasteiger partial charge in [0.2, 0.25) is 5.91 Å². The molecule has 5 rings (SSSR count). The SMILES string of the molecule is CC[C@@H](c1cccc(N(Cc2ccccc2)Cc2ccccc2)c1)[C@@H](C(C)=O)C(=O)N1C(=O)OC[C@H]1c1ccccc1. The molecule has 2 amide bonds. The fraction of sp³-hybridized carbons (Fsp3) is 0.250. The molecule has 214 valence electrons. The zero-order chi connectivity index (χ0) is 29.5. The molecule has 0 N–H and O–H groups in total. The molecule has 1 fully saturated rings. The number of Topliss-reactive ketones (excluding diaryl/α,β-unsaturated/α-hetero) is 1. The summed E-state index contributed by atoms with van der Waals surface area (Å²) in [5.74, 6) is -2.20. The average Bonchev–Trinajstić information content (AvgIpc) is 3.41. The highest BCUT2D eigenvalue weighted by Crippen LogP contribution is 2.37. The average molecular weight is 561 g/mol. The highest BCUT2D eigenvalue weighted by molar-refractivity contribution is 6.06. The molecule has 4 aromatic carbocycles. The van der Waals surface area contributed by atoms with Gasteiger partial charge in [-0.3, -0.25) is 9.59 Å². The van der Waals surface area contributed by atoms with Gasteiger partial charge in [0.1, 0.15) is 24.3 Å². The lowest BCUT2D eigenvalue weighted by molar-refractivity contribution is -0.140. The molecule has 1 heterocycles. The Morgan fingerprint density at radius 1 is 0.833 bits per heavy atom. The van der Waals surface area contributed by atoms with Crippen molar-refractivity contribution in [1.29, 1.82) is 0 Å². The van der Waals surface area contributed by atoms with Crippen LogP contribution < -0.4 is 4.90 Å². The first-order chi connectivity index (χ1) is 20.5. The van der Waals surface area contributed by atoms with Crippen LogP contribution in [0, 0.1) is 5.92 Å². The van der Waals surface area contributed by atoms with E-state index in [4.69, 9.17) is 4.74 Å². The van der Waals surface area contributed by atoms with Gasteiger partial charge in [0.25, 0.3) is 0 Å². The number of carbonyl (C=O) groups is 3. The van der Waals surface area contributed by atoms with Gasteiger partial charge in [-0.2, -0.15) is 0 Å². The highest BCUT2D eigenvalue weighted by Gasteiger charge is 2.45. The maximum atomic E-state index is 14.0. The Morgan fingerprint density at radius 2 is 1.40 bits per heavy atom. The summed E-state index contributed by atoms with van der Waals surface area (Å²) in [6.07, 6.45) is -0.156. The van der Waals surface area contributed by atoms with Crippen LogP contribution in [0.25, 0.3) is 0 Å². The lowest BCUT2D eigenvalue weighted by atomic mass is 9.80. The molecule has 0 saturated carbocycles. The van der Waals surface area contributed by atoms with Crippen molar-refractivity contribution in [2.75, 3.05) is 11.5 Å². The van der Waals surface area contributed by atoms with E-state index in [1.165, 1.54) is 18.1 Å². The molecule has 0 unspecified atom stereocenters. The van der Waals surface area contributed by atoms with E-state index in [1.54, 1.807) is 0 Å². The molecule has 42 heavy (non-hydrogen) atoms. The molecule has 0 aromatic heterocycles. The number of anilines is 1. The number of ketones is 1. The molecule has 4 aromatic rings. The molecule has 1 saturated heterocycles. The van der Waals surface area contributed by atoms with Crippen LogP contribution >= 0.6 is 0 Å². The maximum Gasteiger partial charge on any atom is 0.417 e. The number of carbonyl (C=O) groups excluding carboxylic acids is 3. The fourth-order valence-corrected chi connectivity index (χ4v) is 5.83. The number of hydrogen-bond donors (Lipinski definition) is 0. The summed E-state index contributed by atoms with van der Waals surface area (Å²) in [5.41, 5.74) is 5.05. The minimum atomic E-state index is -1.01. The topological polar surface area (TPSA) is 66.9 Å². The Hall–Kier alpha value is -4.71. The van der Waals surface area contributed by atoms with E-state index in [0.717, 1.165) is 21.7 Å². The van der Waals surface area contributed by atoms with Crippen molar-refractivity contribution in [1.82, 2.24) is 4.90 Å². The largest absolute Gasteiger partial charge is 0.446 e. The van der Waals surface area contributed by atoms with Crippen molar-refractivity contribution in [3.8, 4) is 0 Å². The van der Waals surface area contributed by atoms with E-state index in [0.29, 0.717) is 19.5 Å². The third-order valence-electron chi connectivity index (χ3n) is 7.94. The Bertz CT molecular complexity index is 1470. The number of amides is 2. The van der Waals surface area contributed by atoms with Gasteiger partial charge in [0, 0.05) is 24.7 Å². The number of ether oxygens (including phenoxy) is 1. The van der Waals surface area contributed by atoms with Crippen molar-refractivity contribution >= 4 is 23.5 Å². The highest BCUT2D eigenvalue weighted by atomic mass is 16.6. The third kappa shape index (κ3) is 6.44. The zero-order valence-corrected chi connectivity index (χ0v) is 24.1. The minimum absolute atomic E-state index is 0.0689. The maximum absolute atomic E-state index is 14.0. The molecule has 6 heteroatoms. The van der Waals surface area contributed by atoms with Gasteiger partial charge >= 0.3 is 6.09 Å². The lowest BCUT2D eigenvalue weighted by Gasteiger charge is -2.30. The molecule has 0 aliphatic carbocycles. The predicted octanol–water partition coefficient (Wildman–Crippen LogP) is 7.31. The standard InChI is InChI=1S/C36H36N2O4/c1-3-32(34(26(2)39)35(40)38-33(25-42-36(38)41)29-18-11-6-12-19-29)30-20-13-21-31(22-30)37(23-27-14-7-4-8-15-27)24-28-16-9-5-10-17-28/h4-22,32-34H,3,23-25H2,1-2H3/t32-,33-,34+/m0/s1. The van der Waals surface area contributed by atoms with Crippen LogP contribution in [0.4, 0.5) is 10.5 Å². The Labute approximate surface area is 247 Å². The van der Waals surface area contributed by atoms with Crippen molar-refractivity contribution in [3.63, 3.8) is 0 Å². The molecule has 0 radical (unpaired) electrons. The molecule has 1 aliphatic heterocycles. The number of benzene rings is 4. The van der Waals surface area contributed by atoms with Crippen molar-refractivity contribution in [2.24, 2.45) is 5.92 Å². The molecular weight excluding hydrogens is 524 g/mol. The predicted molar refractivity (Wildman–Crippen MR) is 164 cm³/mol. The fourth-order valence-electron chi connectivity index (χ4n) is 5.83. The number of nitrogens with zero attached hydrogens (tertiary/aromatic N) is 2. The van der Waals surface area contributed by atoms with E-state index < -0.39 is 29.9 Å². The quantitative estimate of drug-likeness (QED) is 0.180. The third-order valence-corrected chi connectivity index (χ3v) is 7.94. The first kappa shape index (κ1) is 28.8. The van der Waals surface area contributed by atoms with Gasteiger partial charge in [0.15, 0.2) is 0 Å². The van der Waals surface area contributed by atoms with Gasteiger partial charge in [-0.15, -0.1) is 0 Å². The van der Waals surface area contributed by atoms with E-state index >= 15 is 0 Å². The van der Waals surface area contributed by atoms with Gasteiger partial charge in [-0.05, 0) is 47.7 Å². The van der Waals surface area contributed by atoms with Crippen molar-refractivity contribution in [2.45, 2.75) is 45.3 Å². The summed E-state index contributed by atoms with van der Waals surface area (Å²) in [5, 5.41) is 0. The van der Waals surface area contributed by atoms with Gasteiger partial charge in [-0.25, -0.2) is 9.69 Å². The van der Waals surface area contributed by atoms with Crippen LogP contribution in [-0.2, 0) is 27.4 Å². The number of imide groups is 1. The van der Waals surface area contributed by atoms with E-state index in [-0.39, 0.29) is 12.4 Å². The van der Waals surface area contributed by atoms with E-state index in [1.807, 2.05) is 85.8 Å². The monoisotopic (exact) mass is 560 g/mol. The number of rotatable bonds is 11. The van der Waals surface area contributed by atoms with Crippen LogP contribution in [0.5, 0.6) is 0 Å². The molecule has 0 bridgehead atoms. The van der Waals surface area contributed by atoms with Crippen LogP contribution in [-0.4, -0.2) is 29.3 Å². The number of hydrogen-bond acceptors (Lipinski definition) is 5. The van der Waals surface area contributed by atoms with Gasteiger partial charge in [0.05, 0.1) is 0 Å². The molecule has 1 aliphatic rings.